The molecular formula is C19H24N2O3S. The molecule has 0 spiro atoms. The molecule has 0 radical (unpaired) electrons. The van der Waals surface area contributed by atoms with Crippen LogP contribution >= 0.6 is 0 Å². The Balaban J connectivity index is 2.03. The lowest BCUT2D eigenvalue weighted by Gasteiger charge is -2.18. The van der Waals surface area contributed by atoms with Gasteiger partial charge in [0, 0.05) is 12.8 Å². The highest BCUT2D eigenvalue weighted by molar-refractivity contribution is 7.90. The maximum absolute atomic E-state index is 12.3. The summed E-state index contributed by atoms with van der Waals surface area (Å²) in [4.78, 5) is 14.3. The summed E-state index contributed by atoms with van der Waals surface area (Å²) in [6, 6.07) is 12.7. The Morgan fingerprint density at radius 1 is 1.12 bits per heavy atom. The molecule has 0 atom stereocenters. The number of carbonyl (C=O) groups is 1. The van der Waals surface area contributed by atoms with Crippen molar-refractivity contribution >= 4 is 21.4 Å². The summed E-state index contributed by atoms with van der Waals surface area (Å²) in [5.41, 5.74) is 3.88. The maximum atomic E-state index is 12.3. The van der Waals surface area contributed by atoms with Gasteiger partial charge < -0.3 is 5.32 Å². The van der Waals surface area contributed by atoms with Gasteiger partial charge in [-0.05, 0) is 44.2 Å². The van der Waals surface area contributed by atoms with E-state index in [1.165, 1.54) is 17.2 Å². The van der Waals surface area contributed by atoms with Crippen LogP contribution in [0.2, 0.25) is 0 Å². The molecule has 0 aliphatic rings. The van der Waals surface area contributed by atoms with Crippen LogP contribution in [0, 0.1) is 13.8 Å². The van der Waals surface area contributed by atoms with Crippen molar-refractivity contribution < 1.29 is 13.2 Å². The monoisotopic (exact) mass is 360 g/mol. The molecule has 2 rings (SSSR count). The number of carbonyl (C=O) groups excluding carboxylic acids is 1. The molecule has 0 aromatic heterocycles. The lowest BCUT2D eigenvalue weighted by Crippen LogP contribution is -2.30. The second-order valence-electron chi connectivity index (χ2n) is 6.42. The van der Waals surface area contributed by atoms with Gasteiger partial charge in [0.1, 0.15) is 0 Å². The van der Waals surface area contributed by atoms with Crippen molar-refractivity contribution in [1.82, 2.24) is 4.90 Å². The highest BCUT2D eigenvalue weighted by Gasteiger charge is 2.15. The smallest absolute Gasteiger partial charge is 0.238 e. The van der Waals surface area contributed by atoms with Gasteiger partial charge in [-0.3, -0.25) is 9.69 Å². The fourth-order valence-electron chi connectivity index (χ4n) is 2.70. The third kappa shape index (κ3) is 5.41. The Hall–Kier alpha value is -2.18. The van der Waals surface area contributed by atoms with Crippen LogP contribution in [0.3, 0.4) is 0 Å². The number of hydrogen-bond donors (Lipinski definition) is 1. The molecule has 0 aliphatic carbocycles. The molecule has 0 bridgehead atoms. The summed E-state index contributed by atoms with van der Waals surface area (Å²) in [6.45, 7) is 4.92. The molecule has 0 fully saturated rings. The second-order valence-corrected chi connectivity index (χ2v) is 8.40. The van der Waals surface area contributed by atoms with Crippen LogP contribution in [0.1, 0.15) is 16.7 Å². The van der Waals surface area contributed by atoms with E-state index in [9.17, 15) is 13.2 Å². The molecule has 1 N–H and O–H groups in total. The van der Waals surface area contributed by atoms with Crippen molar-refractivity contribution in [2.24, 2.45) is 0 Å². The van der Waals surface area contributed by atoms with E-state index in [-0.39, 0.29) is 17.3 Å². The quantitative estimate of drug-likeness (QED) is 0.860. The summed E-state index contributed by atoms with van der Waals surface area (Å²) < 4.78 is 23.6. The van der Waals surface area contributed by atoms with E-state index in [1.54, 1.807) is 18.2 Å². The number of hydrogen-bond acceptors (Lipinski definition) is 4. The van der Waals surface area contributed by atoms with Gasteiger partial charge in [-0.1, -0.05) is 35.9 Å². The third-order valence-corrected chi connectivity index (χ3v) is 5.07. The number of para-hydroxylation sites is 1. The van der Waals surface area contributed by atoms with E-state index in [0.29, 0.717) is 12.2 Å². The SMILES string of the molecule is Cc1ccc(CN(C)CC(=O)Nc2ccccc2S(C)(=O)=O)c(C)c1. The van der Waals surface area contributed by atoms with Gasteiger partial charge >= 0.3 is 0 Å². The molecule has 5 nitrogen and oxygen atoms in total. The Morgan fingerprint density at radius 2 is 1.80 bits per heavy atom. The van der Waals surface area contributed by atoms with Gasteiger partial charge in [0.2, 0.25) is 5.91 Å². The van der Waals surface area contributed by atoms with Crippen molar-refractivity contribution in [2.75, 3.05) is 25.2 Å². The topological polar surface area (TPSA) is 66.5 Å². The highest BCUT2D eigenvalue weighted by atomic mass is 32.2. The van der Waals surface area contributed by atoms with E-state index in [4.69, 9.17) is 0 Å². The maximum Gasteiger partial charge on any atom is 0.238 e. The first kappa shape index (κ1) is 19.1. The average molecular weight is 360 g/mol. The number of nitrogens with zero attached hydrogens (tertiary/aromatic N) is 1. The molecule has 2 aromatic rings. The van der Waals surface area contributed by atoms with E-state index in [0.717, 1.165) is 11.8 Å². The van der Waals surface area contributed by atoms with Crippen LogP contribution in [0.4, 0.5) is 5.69 Å². The molecule has 134 valence electrons. The van der Waals surface area contributed by atoms with Crippen LogP contribution in [-0.4, -0.2) is 39.1 Å². The molecule has 6 heteroatoms. The average Bonchev–Trinajstić information content (AvgIpc) is 2.49. The van der Waals surface area contributed by atoms with Crippen molar-refractivity contribution in [1.29, 1.82) is 0 Å². The first-order chi connectivity index (χ1) is 11.7. The highest BCUT2D eigenvalue weighted by Crippen LogP contribution is 2.20. The standard InChI is InChI=1S/C19H24N2O3S/c1-14-9-10-16(15(2)11-14)12-21(3)13-19(22)20-17-7-5-6-8-18(17)25(4,23)24/h5-11H,12-13H2,1-4H3,(H,20,22). The Kier molecular flexibility index (Phi) is 5.98. The minimum atomic E-state index is -3.39. The summed E-state index contributed by atoms with van der Waals surface area (Å²) in [7, 11) is -1.53. The molecule has 0 unspecified atom stereocenters. The summed E-state index contributed by atoms with van der Waals surface area (Å²) >= 11 is 0. The van der Waals surface area contributed by atoms with Crippen molar-refractivity contribution in [3.8, 4) is 0 Å². The fourth-order valence-corrected chi connectivity index (χ4v) is 3.54. The van der Waals surface area contributed by atoms with E-state index in [1.807, 2.05) is 18.9 Å². The normalized spacial score (nSPS) is 11.6. The van der Waals surface area contributed by atoms with Gasteiger partial charge in [0.15, 0.2) is 9.84 Å². The number of nitrogens with one attached hydrogen (secondary N) is 1. The van der Waals surface area contributed by atoms with E-state index >= 15 is 0 Å². The number of amides is 1. The Morgan fingerprint density at radius 3 is 2.44 bits per heavy atom. The lowest BCUT2D eigenvalue weighted by molar-refractivity contribution is -0.117. The first-order valence-corrected chi connectivity index (χ1v) is 9.89. The van der Waals surface area contributed by atoms with Crippen LogP contribution in [0.15, 0.2) is 47.4 Å². The van der Waals surface area contributed by atoms with Gasteiger partial charge in [0.05, 0.1) is 17.1 Å². The van der Waals surface area contributed by atoms with Gasteiger partial charge in [0.25, 0.3) is 0 Å². The number of likely N-dealkylation sites (N-methyl/N-ethyl adjacent to an activating group) is 1. The summed E-state index contributed by atoms with van der Waals surface area (Å²) in [5, 5.41) is 2.70. The molecule has 0 saturated heterocycles. The minimum absolute atomic E-state index is 0.125. The number of sulfone groups is 1. The zero-order valence-electron chi connectivity index (χ0n) is 15.0. The molecule has 0 heterocycles. The molecule has 0 aliphatic heterocycles. The van der Waals surface area contributed by atoms with Crippen molar-refractivity contribution in [3.63, 3.8) is 0 Å². The third-order valence-electron chi connectivity index (χ3n) is 3.91. The van der Waals surface area contributed by atoms with E-state index in [2.05, 4.69) is 30.4 Å². The fraction of sp³-hybridized carbons (Fsp3) is 0.316. The second kappa shape index (κ2) is 7.80. The van der Waals surface area contributed by atoms with Crippen LogP contribution in [-0.2, 0) is 21.2 Å². The van der Waals surface area contributed by atoms with Gasteiger partial charge in [-0.2, -0.15) is 0 Å². The lowest BCUT2D eigenvalue weighted by atomic mass is 10.1. The predicted octanol–water partition coefficient (Wildman–Crippen LogP) is 2.78. The molecule has 1 amide bonds. The van der Waals surface area contributed by atoms with Gasteiger partial charge in [-0.25, -0.2) is 8.42 Å². The van der Waals surface area contributed by atoms with Crippen molar-refractivity contribution in [3.05, 3.63) is 59.2 Å². The minimum Gasteiger partial charge on any atom is -0.324 e. The van der Waals surface area contributed by atoms with Crippen molar-refractivity contribution in [2.45, 2.75) is 25.3 Å². The number of benzene rings is 2. The van der Waals surface area contributed by atoms with Crippen LogP contribution in [0.5, 0.6) is 0 Å². The largest absolute Gasteiger partial charge is 0.324 e. The van der Waals surface area contributed by atoms with Crippen LogP contribution < -0.4 is 5.32 Å². The van der Waals surface area contributed by atoms with E-state index < -0.39 is 9.84 Å². The number of rotatable bonds is 6. The summed E-state index contributed by atoms with van der Waals surface area (Å²) in [5.74, 6) is -0.247. The predicted molar refractivity (Wildman–Crippen MR) is 100 cm³/mol. The Labute approximate surface area is 149 Å². The number of aryl methyl sites for hydroxylation is 2. The molecule has 25 heavy (non-hydrogen) atoms. The zero-order valence-corrected chi connectivity index (χ0v) is 15.9. The molecule has 0 saturated carbocycles. The zero-order chi connectivity index (χ0) is 18.6. The first-order valence-electron chi connectivity index (χ1n) is 8.00. The Bertz CT molecular complexity index is 876. The van der Waals surface area contributed by atoms with Gasteiger partial charge in [-0.15, -0.1) is 0 Å². The summed E-state index contributed by atoms with van der Waals surface area (Å²) in [6.07, 6.45) is 1.13. The number of anilines is 1. The van der Waals surface area contributed by atoms with Crippen LogP contribution in [0.25, 0.3) is 0 Å². The molecule has 2 aromatic carbocycles. The molecular weight excluding hydrogens is 336 g/mol.